The van der Waals surface area contributed by atoms with Crippen molar-refractivity contribution in [2.24, 2.45) is 0 Å². The van der Waals surface area contributed by atoms with Gasteiger partial charge in [-0.1, -0.05) is 24.7 Å². The van der Waals surface area contributed by atoms with E-state index in [0.717, 1.165) is 19.1 Å². The van der Waals surface area contributed by atoms with Gasteiger partial charge in [-0.2, -0.15) is 0 Å². The Morgan fingerprint density at radius 3 is 2.09 bits per heavy atom. The van der Waals surface area contributed by atoms with Crippen LogP contribution in [0.4, 0.5) is 0 Å². The first kappa shape index (κ1) is 10.7. The summed E-state index contributed by atoms with van der Waals surface area (Å²) in [6.07, 6.45) is 1.14. The quantitative estimate of drug-likeness (QED) is 0.557. The largest absolute Gasteiger partial charge is 0.409 e. The average molecular weight is 170 g/mol. The zero-order valence-corrected chi connectivity index (χ0v) is 8.60. The molecule has 0 amide bonds. The van der Waals surface area contributed by atoms with E-state index in [0.29, 0.717) is 0 Å². The van der Waals surface area contributed by atoms with E-state index in [1.54, 1.807) is 0 Å². The van der Waals surface area contributed by atoms with Crippen molar-refractivity contribution in [3.8, 4) is 0 Å². The molecule has 0 aliphatic rings. The molecule has 0 saturated heterocycles. The molecule has 0 fully saturated rings. The van der Waals surface area contributed by atoms with Gasteiger partial charge in [0.25, 0.3) is 0 Å². The van der Waals surface area contributed by atoms with Crippen molar-refractivity contribution in [1.82, 2.24) is 0 Å². The van der Waals surface area contributed by atoms with E-state index in [1.807, 2.05) is 18.3 Å². The second-order valence-electron chi connectivity index (χ2n) is 2.55. The molecular weight excluding hydrogens is 152 g/mol. The normalized spacial score (nSPS) is 11.1. The summed E-state index contributed by atoms with van der Waals surface area (Å²) in [5.41, 5.74) is 3.93. The summed E-state index contributed by atoms with van der Waals surface area (Å²) in [7, 11) is -1.72. The summed E-state index contributed by atoms with van der Waals surface area (Å²) in [6, 6.07) is 1.10. The molecule has 0 saturated carbocycles. The molecule has 1 nitrogen and oxygen atoms in total. The average Bonchev–Trinajstić information content (AvgIpc) is 2.04. The van der Waals surface area contributed by atoms with Crippen LogP contribution < -0.4 is 0 Å². The fraction of sp³-hybridized carbons (Fsp3) is 0.556. The highest BCUT2D eigenvalue weighted by Gasteiger charge is 2.25. The van der Waals surface area contributed by atoms with Crippen LogP contribution in [0.5, 0.6) is 0 Å². The Labute approximate surface area is 70.9 Å². The van der Waals surface area contributed by atoms with Crippen molar-refractivity contribution in [1.29, 1.82) is 0 Å². The molecule has 2 heteroatoms. The summed E-state index contributed by atoms with van der Waals surface area (Å²) in [6.45, 7) is 12.6. The van der Waals surface area contributed by atoms with Crippen molar-refractivity contribution in [3.63, 3.8) is 0 Å². The number of hydrogen-bond acceptors (Lipinski definition) is 1. The van der Waals surface area contributed by atoms with Gasteiger partial charge >= 0.3 is 0 Å². The van der Waals surface area contributed by atoms with Gasteiger partial charge in [0.2, 0.25) is 8.32 Å². The first-order valence-electron chi connectivity index (χ1n) is 4.15. The highest BCUT2D eigenvalue weighted by atomic mass is 28.4. The SMILES string of the molecule is C=C[Si](C=C)(CCC)OCC. The van der Waals surface area contributed by atoms with E-state index in [1.165, 1.54) is 0 Å². The second kappa shape index (κ2) is 5.33. The lowest BCUT2D eigenvalue weighted by Crippen LogP contribution is -2.33. The van der Waals surface area contributed by atoms with Gasteiger partial charge in [0, 0.05) is 6.61 Å². The third-order valence-electron chi connectivity index (χ3n) is 1.74. The summed E-state index contributed by atoms with van der Waals surface area (Å²) in [4.78, 5) is 0. The Hall–Kier alpha value is -0.343. The van der Waals surface area contributed by atoms with Gasteiger partial charge in [-0.15, -0.1) is 13.2 Å². The Kier molecular flexibility index (Phi) is 5.16. The topological polar surface area (TPSA) is 9.23 Å². The van der Waals surface area contributed by atoms with Crippen LogP contribution in [-0.4, -0.2) is 14.9 Å². The van der Waals surface area contributed by atoms with Crippen LogP contribution >= 0.6 is 0 Å². The number of hydrogen-bond donors (Lipinski definition) is 0. The molecule has 0 aliphatic carbocycles. The standard InChI is InChI=1S/C9H18OSi/c1-5-9-11(7-3,8-4)10-6-2/h7-8H,3-6,9H2,1-2H3. The van der Waals surface area contributed by atoms with Gasteiger partial charge in [0.05, 0.1) is 0 Å². The molecule has 0 rings (SSSR count). The van der Waals surface area contributed by atoms with Crippen LogP contribution in [-0.2, 0) is 4.43 Å². The molecule has 0 aromatic carbocycles. The molecule has 0 aromatic heterocycles. The van der Waals surface area contributed by atoms with E-state index in [-0.39, 0.29) is 0 Å². The zero-order chi connectivity index (χ0) is 8.74. The fourth-order valence-electron chi connectivity index (χ4n) is 1.14. The molecular formula is C9H18OSi. The molecule has 0 N–H and O–H groups in total. The van der Waals surface area contributed by atoms with E-state index in [2.05, 4.69) is 20.1 Å². The maximum absolute atomic E-state index is 5.67. The summed E-state index contributed by atoms with van der Waals surface area (Å²) >= 11 is 0. The highest BCUT2D eigenvalue weighted by molar-refractivity contribution is 6.83. The molecule has 0 unspecified atom stereocenters. The summed E-state index contributed by atoms with van der Waals surface area (Å²) in [5.74, 6) is 0. The highest BCUT2D eigenvalue weighted by Crippen LogP contribution is 2.15. The lowest BCUT2D eigenvalue weighted by atomic mass is 10.6. The molecule has 0 heterocycles. The zero-order valence-electron chi connectivity index (χ0n) is 7.60. The molecule has 64 valence electrons. The van der Waals surface area contributed by atoms with Gasteiger partial charge in [0.1, 0.15) is 0 Å². The summed E-state index contributed by atoms with van der Waals surface area (Å²) < 4.78 is 5.67. The van der Waals surface area contributed by atoms with Crippen LogP contribution in [0.3, 0.4) is 0 Å². The Bertz CT molecular complexity index is 116. The van der Waals surface area contributed by atoms with Crippen LogP contribution in [0.15, 0.2) is 24.6 Å². The van der Waals surface area contributed by atoms with E-state index in [9.17, 15) is 0 Å². The van der Waals surface area contributed by atoms with Crippen LogP contribution in [0, 0.1) is 0 Å². The lowest BCUT2D eigenvalue weighted by molar-refractivity contribution is 0.336. The van der Waals surface area contributed by atoms with Crippen LogP contribution in [0.25, 0.3) is 0 Å². The van der Waals surface area contributed by atoms with Gasteiger partial charge in [0.15, 0.2) is 0 Å². The molecule has 0 bridgehead atoms. The Balaban J connectivity index is 4.18. The third-order valence-corrected chi connectivity index (χ3v) is 5.23. The van der Waals surface area contributed by atoms with Crippen molar-refractivity contribution in [2.75, 3.05) is 6.61 Å². The van der Waals surface area contributed by atoms with Gasteiger partial charge in [-0.05, 0) is 13.0 Å². The van der Waals surface area contributed by atoms with E-state index in [4.69, 9.17) is 4.43 Å². The summed E-state index contributed by atoms with van der Waals surface area (Å²) in [5, 5.41) is 0. The number of rotatable bonds is 6. The second-order valence-corrected chi connectivity index (χ2v) is 6.06. The minimum Gasteiger partial charge on any atom is -0.409 e. The maximum atomic E-state index is 5.67. The van der Waals surface area contributed by atoms with Crippen molar-refractivity contribution < 1.29 is 4.43 Å². The molecule has 0 aliphatic heterocycles. The predicted molar refractivity (Wildman–Crippen MR) is 52.9 cm³/mol. The smallest absolute Gasteiger partial charge is 0.240 e. The Morgan fingerprint density at radius 1 is 1.27 bits per heavy atom. The lowest BCUT2D eigenvalue weighted by Gasteiger charge is -2.22. The maximum Gasteiger partial charge on any atom is 0.240 e. The molecule has 0 atom stereocenters. The Morgan fingerprint density at radius 2 is 1.82 bits per heavy atom. The third kappa shape index (κ3) is 3.04. The van der Waals surface area contributed by atoms with E-state index >= 15 is 0 Å². The molecule has 0 spiro atoms. The monoisotopic (exact) mass is 170 g/mol. The van der Waals surface area contributed by atoms with Gasteiger partial charge in [-0.3, -0.25) is 0 Å². The minimum atomic E-state index is -1.72. The fourth-order valence-corrected chi connectivity index (χ4v) is 3.41. The minimum absolute atomic E-state index is 0.768. The molecule has 0 aromatic rings. The first-order chi connectivity index (χ1) is 5.24. The molecule has 11 heavy (non-hydrogen) atoms. The van der Waals surface area contributed by atoms with Crippen molar-refractivity contribution in [3.05, 3.63) is 24.6 Å². The van der Waals surface area contributed by atoms with Crippen molar-refractivity contribution in [2.45, 2.75) is 26.3 Å². The van der Waals surface area contributed by atoms with Gasteiger partial charge < -0.3 is 4.43 Å². The van der Waals surface area contributed by atoms with Crippen LogP contribution in [0.1, 0.15) is 20.3 Å². The van der Waals surface area contributed by atoms with Crippen molar-refractivity contribution >= 4 is 8.32 Å². The van der Waals surface area contributed by atoms with E-state index < -0.39 is 8.32 Å². The molecule has 0 radical (unpaired) electrons. The first-order valence-corrected chi connectivity index (χ1v) is 6.42. The predicted octanol–water partition coefficient (Wildman–Crippen LogP) is 2.83. The van der Waals surface area contributed by atoms with Gasteiger partial charge in [-0.25, -0.2) is 0 Å². The van der Waals surface area contributed by atoms with Crippen LogP contribution in [0.2, 0.25) is 6.04 Å².